The predicted octanol–water partition coefficient (Wildman–Crippen LogP) is 2.16. The Morgan fingerprint density at radius 1 is 1.00 bits per heavy atom. The van der Waals surface area contributed by atoms with E-state index in [9.17, 15) is 18.4 Å². The Bertz CT molecular complexity index is 667. The summed E-state index contributed by atoms with van der Waals surface area (Å²) in [5.41, 5.74) is -0.407. The summed E-state index contributed by atoms with van der Waals surface area (Å²) in [4.78, 5) is 26.9. The molecule has 6 nitrogen and oxygen atoms in total. The van der Waals surface area contributed by atoms with Gasteiger partial charge >= 0.3 is 0 Å². The summed E-state index contributed by atoms with van der Waals surface area (Å²) in [6, 6.07) is 3.47. The highest BCUT2D eigenvalue weighted by Crippen LogP contribution is 2.30. The second-order valence-corrected chi connectivity index (χ2v) is 7.38. The molecule has 1 aromatic carbocycles. The van der Waals surface area contributed by atoms with Crippen LogP contribution in [0.3, 0.4) is 0 Å². The Kier molecular flexibility index (Phi) is 7.33. The lowest BCUT2D eigenvalue weighted by Crippen LogP contribution is -2.43. The van der Waals surface area contributed by atoms with Crippen LogP contribution < -0.4 is 10.6 Å². The van der Waals surface area contributed by atoms with Gasteiger partial charge in [-0.05, 0) is 37.8 Å². The number of ether oxygens (including phenoxy) is 1. The van der Waals surface area contributed by atoms with E-state index < -0.39 is 23.2 Å². The number of halogens is 2. The van der Waals surface area contributed by atoms with Crippen LogP contribution in [0.15, 0.2) is 18.2 Å². The number of amides is 2. The zero-order chi connectivity index (χ0) is 19.9. The van der Waals surface area contributed by atoms with Crippen LogP contribution in [0, 0.1) is 23.5 Å². The third kappa shape index (κ3) is 5.48. The molecule has 28 heavy (non-hydrogen) atoms. The molecular weight excluding hydrogens is 368 g/mol. The van der Waals surface area contributed by atoms with Crippen molar-refractivity contribution < 1.29 is 23.1 Å². The zero-order valence-electron chi connectivity index (χ0n) is 15.9. The highest BCUT2D eigenvalue weighted by molar-refractivity contribution is 5.93. The Morgan fingerprint density at radius 2 is 1.57 bits per heavy atom. The number of rotatable bonds is 6. The largest absolute Gasteiger partial charge is 0.379 e. The number of anilines is 1. The Hall–Kier alpha value is -2.06. The van der Waals surface area contributed by atoms with E-state index in [0.29, 0.717) is 32.2 Å². The first-order valence-electron chi connectivity index (χ1n) is 9.87. The van der Waals surface area contributed by atoms with Gasteiger partial charge in [-0.25, -0.2) is 8.78 Å². The Labute approximate surface area is 163 Å². The number of hydrogen-bond donors (Lipinski definition) is 2. The number of carbonyl (C=O) groups is 2. The minimum atomic E-state index is -0.790. The molecule has 154 valence electrons. The van der Waals surface area contributed by atoms with Gasteiger partial charge in [-0.15, -0.1) is 0 Å². The number of nitrogens with one attached hydrogen (secondary N) is 2. The molecule has 3 rings (SSSR count). The SMILES string of the molecule is O=C(NCCN1CCOCC1)C1CCC(C(=O)Nc2c(F)cccc2F)CC1. The molecule has 1 saturated carbocycles. The molecule has 1 aliphatic heterocycles. The van der Waals surface area contributed by atoms with Crippen LogP contribution in [0.25, 0.3) is 0 Å². The molecule has 2 aliphatic rings. The third-order valence-corrected chi connectivity index (χ3v) is 5.51. The van der Waals surface area contributed by atoms with Gasteiger partial charge in [-0.2, -0.15) is 0 Å². The number of morpholine rings is 1. The first-order valence-corrected chi connectivity index (χ1v) is 9.87. The minimum absolute atomic E-state index is 0.0206. The lowest BCUT2D eigenvalue weighted by molar-refractivity contribution is -0.128. The minimum Gasteiger partial charge on any atom is -0.379 e. The van der Waals surface area contributed by atoms with Crippen LogP contribution in [0.2, 0.25) is 0 Å². The fourth-order valence-electron chi connectivity index (χ4n) is 3.77. The smallest absolute Gasteiger partial charge is 0.227 e. The first-order chi connectivity index (χ1) is 13.5. The topological polar surface area (TPSA) is 70.7 Å². The molecule has 1 aromatic rings. The highest BCUT2D eigenvalue weighted by atomic mass is 19.1. The van der Waals surface area contributed by atoms with Crippen LogP contribution in [-0.4, -0.2) is 56.1 Å². The van der Waals surface area contributed by atoms with E-state index in [2.05, 4.69) is 15.5 Å². The molecule has 1 saturated heterocycles. The van der Waals surface area contributed by atoms with E-state index >= 15 is 0 Å². The van der Waals surface area contributed by atoms with Crippen molar-refractivity contribution in [2.45, 2.75) is 25.7 Å². The van der Waals surface area contributed by atoms with Crippen LogP contribution in [-0.2, 0) is 14.3 Å². The van der Waals surface area contributed by atoms with Crippen LogP contribution in [0.4, 0.5) is 14.5 Å². The van der Waals surface area contributed by atoms with E-state index in [4.69, 9.17) is 4.74 Å². The van der Waals surface area contributed by atoms with Gasteiger partial charge in [0.05, 0.1) is 13.2 Å². The van der Waals surface area contributed by atoms with Crippen LogP contribution in [0.5, 0.6) is 0 Å². The van der Waals surface area contributed by atoms with Crippen molar-refractivity contribution in [3.63, 3.8) is 0 Å². The maximum Gasteiger partial charge on any atom is 0.227 e. The van der Waals surface area contributed by atoms with E-state index in [1.54, 1.807) is 0 Å². The quantitative estimate of drug-likeness (QED) is 0.775. The fourth-order valence-corrected chi connectivity index (χ4v) is 3.77. The number of nitrogens with zero attached hydrogens (tertiary/aromatic N) is 1. The highest BCUT2D eigenvalue weighted by Gasteiger charge is 2.30. The number of para-hydroxylation sites is 1. The van der Waals surface area contributed by atoms with Crippen LogP contribution >= 0.6 is 0 Å². The molecule has 2 N–H and O–H groups in total. The number of benzene rings is 1. The molecule has 0 unspecified atom stereocenters. The molecule has 2 fully saturated rings. The van der Waals surface area contributed by atoms with Crippen molar-refractivity contribution in [1.29, 1.82) is 0 Å². The summed E-state index contributed by atoms with van der Waals surface area (Å²) in [7, 11) is 0. The average Bonchev–Trinajstić information content (AvgIpc) is 2.71. The third-order valence-electron chi connectivity index (χ3n) is 5.51. The van der Waals surface area contributed by atoms with E-state index in [1.807, 2.05) is 0 Å². The van der Waals surface area contributed by atoms with Crippen LogP contribution in [0.1, 0.15) is 25.7 Å². The van der Waals surface area contributed by atoms with Crippen molar-refractivity contribution >= 4 is 17.5 Å². The molecule has 0 radical (unpaired) electrons. The molecule has 0 atom stereocenters. The lowest BCUT2D eigenvalue weighted by atomic mass is 9.81. The summed E-state index contributed by atoms with van der Waals surface area (Å²) >= 11 is 0. The van der Waals surface area contributed by atoms with Crippen molar-refractivity contribution in [3.8, 4) is 0 Å². The van der Waals surface area contributed by atoms with Crippen molar-refractivity contribution in [3.05, 3.63) is 29.8 Å². The van der Waals surface area contributed by atoms with Gasteiger partial charge in [0.25, 0.3) is 0 Å². The normalized spacial score (nSPS) is 23.2. The standard InChI is InChI=1S/C20H27F2N3O3/c21-16-2-1-3-17(22)18(16)24-20(27)15-6-4-14(5-7-15)19(26)23-8-9-25-10-12-28-13-11-25/h1-3,14-15H,4-13H2,(H,23,26)(H,24,27). The van der Waals surface area contributed by atoms with Crippen molar-refractivity contribution in [2.24, 2.45) is 11.8 Å². The Balaban J connectivity index is 1.39. The summed E-state index contributed by atoms with van der Waals surface area (Å²) < 4.78 is 32.7. The maximum absolute atomic E-state index is 13.7. The summed E-state index contributed by atoms with van der Waals surface area (Å²) in [5, 5.41) is 5.34. The van der Waals surface area contributed by atoms with Gasteiger partial charge in [-0.1, -0.05) is 6.07 Å². The van der Waals surface area contributed by atoms with Gasteiger partial charge in [-0.3, -0.25) is 14.5 Å². The summed E-state index contributed by atoms with van der Waals surface area (Å²) in [6.07, 6.45) is 2.26. The van der Waals surface area contributed by atoms with Gasteiger partial charge in [0, 0.05) is 38.0 Å². The molecule has 0 spiro atoms. The zero-order valence-corrected chi connectivity index (χ0v) is 15.9. The monoisotopic (exact) mass is 395 g/mol. The van der Waals surface area contributed by atoms with Gasteiger partial charge < -0.3 is 15.4 Å². The van der Waals surface area contributed by atoms with Gasteiger partial charge in [0.15, 0.2) is 0 Å². The lowest BCUT2D eigenvalue weighted by Gasteiger charge is -2.28. The van der Waals surface area contributed by atoms with Gasteiger partial charge in [0.2, 0.25) is 11.8 Å². The molecule has 1 heterocycles. The van der Waals surface area contributed by atoms with Gasteiger partial charge in [0.1, 0.15) is 17.3 Å². The average molecular weight is 395 g/mol. The molecular formula is C20H27F2N3O3. The second kappa shape index (κ2) is 9.93. The van der Waals surface area contributed by atoms with E-state index in [-0.39, 0.29) is 17.7 Å². The molecule has 0 bridgehead atoms. The number of hydrogen-bond acceptors (Lipinski definition) is 4. The predicted molar refractivity (Wildman–Crippen MR) is 101 cm³/mol. The fraction of sp³-hybridized carbons (Fsp3) is 0.600. The molecule has 8 heteroatoms. The van der Waals surface area contributed by atoms with Crippen molar-refractivity contribution in [1.82, 2.24) is 10.2 Å². The van der Waals surface area contributed by atoms with E-state index in [0.717, 1.165) is 45.0 Å². The molecule has 2 amide bonds. The summed E-state index contributed by atoms with van der Waals surface area (Å²) in [5.74, 6) is -2.40. The first kappa shape index (κ1) is 20.7. The number of carbonyl (C=O) groups excluding carboxylic acids is 2. The van der Waals surface area contributed by atoms with E-state index in [1.165, 1.54) is 6.07 Å². The molecule has 1 aliphatic carbocycles. The van der Waals surface area contributed by atoms with Crippen molar-refractivity contribution in [2.75, 3.05) is 44.7 Å². The maximum atomic E-state index is 13.7. The Morgan fingerprint density at radius 3 is 2.18 bits per heavy atom. The summed E-state index contributed by atoms with van der Waals surface area (Å²) in [6.45, 7) is 4.65. The second-order valence-electron chi connectivity index (χ2n) is 7.38. The molecule has 0 aromatic heterocycles.